The van der Waals surface area contributed by atoms with Gasteiger partial charge in [0.15, 0.2) is 68.9 Å². The highest BCUT2D eigenvalue weighted by Crippen LogP contribution is 2.58. The Hall–Kier alpha value is -11.5. The van der Waals surface area contributed by atoms with Gasteiger partial charge in [-0.3, -0.25) is 19.2 Å². The van der Waals surface area contributed by atoms with Crippen LogP contribution >= 0.6 is 0 Å². The summed E-state index contributed by atoms with van der Waals surface area (Å²) in [6.45, 7) is 0.278. The first-order valence-electron chi connectivity index (χ1n) is 30.0. The van der Waals surface area contributed by atoms with Crippen LogP contribution in [0.1, 0.15) is 78.3 Å². The van der Waals surface area contributed by atoms with Crippen molar-refractivity contribution in [2.24, 2.45) is 23.7 Å². The number of hydrogen-bond donors (Lipinski definition) is 2. The molecule has 2 fully saturated rings. The Kier molecular flexibility index (Phi) is 17.2. The summed E-state index contributed by atoms with van der Waals surface area (Å²) in [6.07, 6.45) is 3.00. The maximum absolute atomic E-state index is 13.9. The van der Waals surface area contributed by atoms with Gasteiger partial charge in [0, 0.05) is 41.9 Å². The van der Waals surface area contributed by atoms with Gasteiger partial charge in [-0.15, -0.1) is 10.2 Å². The van der Waals surface area contributed by atoms with Crippen LogP contribution in [0.5, 0.6) is 86.2 Å². The molecule has 2 aromatic heterocycles. The van der Waals surface area contributed by atoms with E-state index in [-0.39, 0.29) is 50.1 Å². The number of methoxy groups -OCH3 is 11. The van der Waals surface area contributed by atoms with Crippen molar-refractivity contribution >= 4 is 23.8 Å². The Morgan fingerprint density at radius 2 is 0.802 bits per heavy atom. The maximum atomic E-state index is 13.9. The number of aromatic nitrogens is 6. The molecule has 2 aliphatic carbocycles. The minimum Gasteiger partial charge on any atom is -0.497 e. The van der Waals surface area contributed by atoms with Crippen molar-refractivity contribution in [3.63, 3.8) is 0 Å². The lowest BCUT2D eigenvalue weighted by Gasteiger charge is -2.39. The Balaban J connectivity index is 0.000000174. The van der Waals surface area contributed by atoms with Crippen LogP contribution < -0.4 is 81.7 Å². The van der Waals surface area contributed by atoms with Crippen molar-refractivity contribution in [3.05, 3.63) is 136 Å². The lowest BCUT2D eigenvalue weighted by molar-refractivity contribution is -0.142. The maximum Gasteiger partial charge on any atom is 0.310 e. The van der Waals surface area contributed by atoms with Crippen LogP contribution in [-0.4, -0.2) is 159 Å². The van der Waals surface area contributed by atoms with Gasteiger partial charge in [0.1, 0.15) is 17.2 Å². The van der Waals surface area contributed by atoms with Gasteiger partial charge in [-0.05, 0) is 94.0 Å². The van der Waals surface area contributed by atoms with Crippen molar-refractivity contribution in [1.82, 2.24) is 40.6 Å². The standard InChI is InChI=1S/C34H34N4O11.C33H32N4O10/c1-41-24-7-16(8-25(42-2)31(24)45-5)28-18-11-22-23(49-15-48-22)12-19(18)30(20-14-47-34(40)29(20)28)35-33(39)21-13-38(37-36-21)17-9-26(43-3)32(46-6)27(10-17)44-4;1-40-17-6-7-22(23(10-17)41-2)37-13-21(35-36-37)32(38)34-30-19-12-25-24(46-15-47-25)11-18(19)28(29-20(30)14-45-33(29)39)16-8-26(42-3)31(44-5)27(9-16)43-4/h7-13,20,28-30H,14-15H2,1-6H3,(H,35,39);6-13,20,28-30H,14-15H2,1-5H3,(H,34,38)/t2*20-,28+,29-,30+/m00/s1. The molecule has 4 aliphatic heterocycles. The van der Waals surface area contributed by atoms with Crippen molar-refractivity contribution in [3.8, 4) is 97.6 Å². The fourth-order valence-electron chi connectivity index (χ4n) is 13.6. The molecule has 29 nitrogen and oxygen atoms in total. The lowest BCUT2D eigenvalue weighted by Crippen LogP contribution is -2.43. The summed E-state index contributed by atoms with van der Waals surface area (Å²) in [5, 5.41) is 22.9. The summed E-state index contributed by atoms with van der Waals surface area (Å²) in [4.78, 5) is 54.7. The number of carbonyl (C=O) groups is 4. The number of esters is 2. The van der Waals surface area contributed by atoms with E-state index in [1.54, 1.807) is 37.4 Å². The number of nitrogens with zero attached hydrogens (tertiary/aromatic N) is 6. The zero-order valence-corrected chi connectivity index (χ0v) is 53.9. The highest BCUT2D eigenvalue weighted by molar-refractivity contribution is 5.93. The summed E-state index contributed by atoms with van der Waals surface area (Å²) >= 11 is 0. The van der Waals surface area contributed by atoms with E-state index in [0.717, 1.165) is 33.4 Å². The molecular formula is C67H66N8O21. The number of fused-ring (bicyclic) bond motifs is 6. The van der Waals surface area contributed by atoms with Crippen LogP contribution in [-0.2, 0) is 19.1 Å². The third-order valence-corrected chi connectivity index (χ3v) is 18.0. The Bertz CT molecular complexity index is 4290. The molecule has 0 bridgehead atoms. The van der Waals surface area contributed by atoms with E-state index in [1.807, 2.05) is 48.5 Å². The van der Waals surface area contributed by atoms with E-state index in [1.165, 1.54) is 92.9 Å². The smallest absolute Gasteiger partial charge is 0.310 e. The van der Waals surface area contributed by atoms with E-state index >= 15 is 0 Å². The zero-order chi connectivity index (χ0) is 67.2. The first-order chi connectivity index (χ1) is 46.7. The second-order valence-electron chi connectivity index (χ2n) is 22.6. The van der Waals surface area contributed by atoms with E-state index in [2.05, 4.69) is 31.3 Å². The number of benzene rings is 6. The van der Waals surface area contributed by atoms with Gasteiger partial charge >= 0.3 is 11.9 Å². The fourth-order valence-corrected chi connectivity index (χ4v) is 13.6. The average Bonchev–Trinajstić information content (AvgIpc) is 1.41. The lowest BCUT2D eigenvalue weighted by atomic mass is 9.65. The molecule has 0 unspecified atom stereocenters. The average molecular weight is 1320 g/mol. The molecule has 14 rings (SSSR count). The molecule has 6 aromatic carbocycles. The van der Waals surface area contributed by atoms with Crippen LogP contribution in [0.25, 0.3) is 11.4 Å². The van der Waals surface area contributed by atoms with Crippen LogP contribution in [0.2, 0.25) is 0 Å². The van der Waals surface area contributed by atoms with Gasteiger partial charge in [0.25, 0.3) is 11.8 Å². The highest BCUT2D eigenvalue weighted by Gasteiger charge is 2.55. The molecule has 6 aliphatic rings. The van der Waals surface area contributed by atoms with Crippen molar-refractivity contribution < 1.29 is 99.7 Å². The van der Waals surface area contributed by atoms with Crippen LogP contribution in [0.3, 0.4) is 0 Å². The van der Waals surface area contributed by atoms with Gasteiger partial charge in [-0.25, -0.2) is 9.36 Å². The normalized spacial score (nSPS) is 20.3. The quantitative estimate of drug-likeness (QED) is 0.0778. The zero-order valence-electron chi connectivity index (χ0n) is 53.9. The Labute approximate surface area is 548 Å². The molecule has 0 saturated carbocycles. The van der Waals surface area contributed by atoms with Gasteiger partial charge in [0.2, 0.25) is 30.8 Å². The second-order valence-corrected chi connectivity index (χ2v) is 22.6. The fraction of sp³-hybridized carbons (Fsp3) is 0.343. The molecule has 500 valence electrons. The number of ether oxygens (including phenoxy) is 17. The minimum atomic E-state index is -0.670. The second kappa shape index (κ2) is 26.1. The summed E-state index contributed by atoms with van der Waals surface area (Å²) in [5.41, 5.74) is 5.71. The highest BCUT2D eigenvalue weighted by atomic mass is 16.7. The molecule has 0 radical (unpaired) electrons. The van der Waals surface area contributed by atoms with Gasteiger partial charge < -0.3 is 91.2 Å². The van der Waals surface area contributed by atoms with Gasteiger partial charge in [0.05, 0.1) is 133 Å². The monoisotopic (exact) mass is 1320 g/mol. The van der Waals surface area contributed by atoms with Crippen molar-refractivity contribution in [2.45, 2.75) is 23.9 Å². The number of carbonyl (C=O) groups excluding carboxylic acids is 4. The molecular weight excluding hydrogens is 1250 g/mol. The summed E-state index contributed by atoms with van der Waals surface area (Å²) in [7, 11) is 16.8. The Morgan fingerprint density at radius 3 is 1.19 bits per heavy atom. The van der Waals surface area contributed by atoms with E-state index in [9.17, 15) is 19.2 Å². The van der Waals surface area contributed by atoms with E-state index < -0.39 is 59.4 Å². The largest absolute Gasteiger partial charge is 0.497 e. The topological polar surface area (TPSA) is 311 Å². The molecule has 8 atom stereocenters. The number of nitrogens with one attached hydrogen (secondary N) is 2. The predicted octanol–water partition coefficient (Wildman–Crippen LogP) is 6.90. The van der Waals surface area contributed by atoms with Crippen LogP contribution in [0.4, 0.5) is 0 Å². The van der Waals surface area contributed by atoms with E-state index in [4.69, 9.17) is 80.5 Å². The molecule has 6 heterocycles. The van der Waals surface area contributed by atoms with Crippen molar-refractivity contribution in [1.29, 1.82) is 0 Å². The van der Waals surface area contributed by atoms with Gasteiger partial charge in [-0.1, -0.05) is 10.4 Å². The van der Waals surface area contributed by atoms with Gasteiger partial charge in [-0.2, -0.15) is 0 Å². The molecule has 2 amide bonds. The number of rotatable bonds is 19. The molecule has 2 N–H and O–H groups in total. The first-order valence-corrected chi connectivity index (χ1v) is 30.0. The molecule has 8 aromatic rings. The minimum absolute atomic E-state index is 0.0447. The first kappa shape index (κ1) is 63.2. The number of amides is 2. The molecule has 96 heavy (non-hydrogen) atoms. The Morgan fingerprint density at radius 1 is 0.427 bits per heavy atom. The van der Waals surface area contributed by atoms with Crippen molar-refractivity contribution in [2.75, 3.05) is 105 Å². The summed E-state index contributed by atoms with van der Waals surface area (Å²) in [6, 6.07) is 22.0. The van der Waals surface area contributed by atoms with Crippen LogP contribution in [0, 0.1) is 23.7 Å². The number of hydrogen-bond acceptors (Lipinski definition) is 25. The number of cyclic esters (lactones) is 2. The molecule has 2 saturated heterocycles. The summed E-state index contributed by atoms with van der Waals surface area (Å²) in [5.74, 6) is 2.10. The third kappa shape index (κ3) is 11.0. The summed E-state index contributed by atoms with van der Waals surface area (Å²) < 4.78 is 98.0. The predicted molar refractivity (Wildman–Crippen MR) is 333 cm³/mol. The third-order valence-electron chi connectivity index (χ3n) is 18.0. The molecule has 29 heteroatoms. The van der Waals surface area contributed by atoms with E-state index in [0.29, 0.717) is 97.6 Å². The molecule has 0 spiro atoms. The SMILES string of the molecule is COc1cc([C@@H]2c3cc4c(cc3[C@@H](NC(=O)c3cn(-c5cc(OC)c(OC)c(OC)c5)nn3)[C@H]3COC(=O)[C@H]23)OCO4)cc(OC)c1OC.COc1ccc(-n2cc(C(=O)N[C@@H]3c4cc5c(cc4[C@@H](c4cc(OC)c(OC)c(OC)c4)[C@H]4C(=O)OC[C@@H]43)OCO5)nn2)c(OC)c1. The van der Waals surface area contributed by atoms with Crippen LogP contribution in [0.15, 0.2) is 91.3 Å².